The van der Waals surface area contributed by atoms with Crippen LogP contribution in [0.3, 0.4) is 0 Å². The zero-order valence-corrected chi connectivity index (χ0v) is 8.07. The molecule has 0 aliphatic rings. The number of hydrogen-bond donors (Lipinski definition) is 0. The third-order valence-corrected chi connectivity index (χ3v) is 1.81. The summed E-state index contributed by atoms with van der Waals surface area (Å²) >= 11 is 0. The predicted octanol–water partition coefficient (Wildman–Crippen LogP) is 1.85. The molecule has 6 heteroatoms. The number of rotatable bonds is 3. The topological polar surface area (TPSA) is 43.4 Å². The van der Waals surface area contributed by atoms with Crippen LogP contribution >= 0.6 is 0 Å². The summed E-state index contributed by atoms with van der Waals surface area (Å²) in [6.07, 6.45) is -0.562. The number of ether oxygens (including phenoxy) is 1. The predicted molar refractivity (Wildman–Crippen MR) is 41.5 cm³/mol. The van der Waals surface area contributed by atoms with E-state index in [1.807, 2.05) is 0 Å². The van der Waals surface area contributed by atoms with E-state index in [2.05, 4.69) is 4.74 Å². The van der Waals surface area contributed by atoms with Gasteiger partial charge in [-0.2, -0.15) is 8.78 Å². The third kappa shape index (κ3) is 2.46. The van der Waals surface area contributed by atoms with E-state index in [0.717, 1.165) is 13.8 Å². The SMILES string of the molecule is CCC(C)(F)C(F)(F)C(=O)OC(C)=O. The van der Waals surface area contributed by atoms with E-state index in [1.165, 1.54) is 0 Å². The minimum Gasteiger partial charge on any atom is -0.389 e. The van der Waals surface area contributed by atoms with Crippen molar-refractivity contribution >= 4 is 11.9 Å². The van der Waals surface area contributed by atoms with Crippen LogP contribution in [0.2, 0.25) is 0 Å². The molecule has 0 heterocycles. The first kappa shape index (κ1) is 12.9. The second-order valence-electron chi connectivity index (χ2n) is 3.01. The number of esters is 2. The number of hydrogen-bond acceptors (Lipinski definition) is 3. The van der Waals surface area contributed by atoms with E-state index < -0.39 is 30.0 Å². The Morgan fingerprint density at radius 1 is 1.29 bits per heavy atom. The molecule has 0 bridgehead atoms. The standard InChI is InChI=1S/C8H11F3O3/c1-4-7(3,9)8(10,11)6(13)14-5(2)12/h4H2,1-3H3. The molecule has 0 spiro atoms. The zero-order chi connectivity index (χ0) is 11.6. The fourth-order valence-electron chi connectivity index (χ4n) is 0.629. The van der Waals surface area contributed by atoms with Crippen LogP contribution in [0.4, 0.5) is 13.2 Å². The minimum absolute atomic E-state index is 0.562. The first-order valence-electron chi connectivity index (χ1n) is 3.94. The third-order valence-electron chi connectivity index (χ3n) is 1.81. The maximum Gasteiger partial charge on any atom is 0.388 e. The van der Waals surface area contributed by atoms with Gasteiger partial charge in [-0.15, -0.1) is 0 Å². The van der Waals surface area contributed by atoms with Gasteiger partial charge in [-0.25, -0.2) is 9.18 Å². The van der Waals surface area contributed by atoms with Crippen molar-refractivity contribution < 1.29 is 27.5 Å². The first-order valence-corrected chi connectivity index (χ1v) is 3.94. The summed E-state index contributed by atoms with van der Waals surface area (Å²) in [6, 6.07) is 0. The number of carbonyl (C=O) groups is 2. The molecular formula is C8H11F3O3. The van der Waals surface area contributed by atoms with Gasteiger partial charge in [-0.05, 0) is 13.3 Å². The van der Waals surface area contributed by atoms with E-state index in [0.29, 0.717) is 6.92 Å². The van der Waals surface area contributed by atoms with Crippen LogP contribution in [-0.4, -0.2) is 23.5 Å². The van der Waals surface area contributed by atoms with Crippen molar-refractivity contribution in [2.75, 3.05) is 0 Å². The molecule has 1 unspecified atom stereocenters. The lowest BCUT2D eigenvalue weighted by atomic mass is 9.97. The molecule has 0 amide bonds. The molecule has 14 heavy (non-hydrogen) atoms. The zero-order valence-electron chi connectivity index (χ0n) is 8.07. The average molecular weight is 212 g/mol. The van der Waals surface area contributed by atoms with Crippen molar-refractivity contribution in [3.05, 3.63) is 0 Å². The lowest BCUT2D eigenvalue weighted by Crippen LogP contribution is -2.49. The van der Waals surface area contributed by atoms with Gasteiger partial charge in [0, 0.05) is 6.92 Å². The van der Waals surface area contributed by atoms with Crippen molar-refractivity contribution in [1.82, 2.24) is 0 Å². The van der Waals surface area contributed by atoms with Crippen LogP contribution in [0.15, 0.2) is 0 Å². The number of carbonyl (C=O) groups excluding carboxylic acids is 2. The Hall–Kier alpha value is -1.07. The lowest BCUT2D eigenvalue weighted by Gasteiger charge is -2.26. The molecule has 0 radical (unpaired) electrons. The van der Waals surface area contributed by atoms with Gasteiger partial charge in [0.15, 0.2) is 5.67 Å². The lowest BCUT2D eigenvalue weighted by molar-refractivity contribution is -0.197. The van der Waals surface area contributed by atoms with Crippen molar-refractivity contribution in [2.45, 2.75) is 38.8 Å². The van der Waals surface area contributed by atoms with Gasteiger partial charge in [0.05, 0.1) is 0 Å². The van der Waals surface area contributed by atoms with E-state index >= 15 is 0 Å². The van der Waals surface area contributed by atoms with Crippen LogP contribution in [0, 0.1) is 0 Å². The summed E-state index contributed by atoms with van der Waals surface area (Å²) in [7, 11) is 0. The molecule has 0 aromatic carbocycles. The van der Waals surface area contributed by atoms with Crippen molar-refractivity contribution in [3.8, 4) is 0 Å². The van der Waals surface area contributed by atoms with Gasteiger partial charge < -0.3 is 4.74 Å². The van der Waals surface area contributed by atoms with E-state index in [9.17, 15) is 22.8 Å². The van der Waals surface area contributed by atoms with E-state index in [1.54, 1.807) is 0 Å². The maximum absolute atomic E-state index is 13.1. The second kappa shape index (κ2) is 3.98. The molecule has 0 rings (SSSR count). The molecule has 1 atom stereocenters. The van der Waals surface area contributed by atoms with Crippen LogP contribution in [0.25, 0.3) is 0 Å². The van der Waals surface area contributed by atoms with Crippen LogP contribution in [-0.2, 0) is 14.3 Å². The highest BCUT2D eigenvalue weighted by molar-refractivity contribution is 5.89. The molecular weight excluding hydrogens is 201 g/mol. The Balaban J connectivity index is 4.77. The highest BCUT2D eigenvalue weighted by atomic mass is 19.3. The molecule has 3 nitrogen and oxygen atoms in total. The summed E-state index contributed by atoms with van der Waals surface area (Å²) in [4.78, 5) is 20.9. The van der Waals surface area contributed by atoms with Crippen molar-refractivity contribution in [1.29, 1.82) is 0 Å². The Kier molecular flexibility index (Phi) is 3.67. The highest BCUT2D eigenvalue weighted by Crippen LogP contribution is 2.35. The molecule has 0 aromatic rings. The van der Waals surface area contributed by atoms with Gasteiger partial charge in [0.25, 0.3) is 0 Å². The Labute approximate surface area is 79.2 Å². The van der Waals surface area contributed by atoms with Gasteiger partial charge in [0.1, 0.15) is 0 Å². The Morgan fingerprint density at radius 3 is 2.00 bits per heavy atom. The fraction of sp³-hybridized carbons (Fsp3) is 0.750. The smallest absolute Gasteiger partial charge is 0.388 e. The molecule has 0 aromatic heterocycles. The molecule has 0 N–H and O–H groups in total. The molecule has 0 aliphatic heterocycles. The van der Waals surface area contributed by atoms with E-state index in [4.69, 9.17) is 0 Å². The van der Waals surface area contributed by atoms with Gasteiger partial charge >= 0.3 is 17.9 Å². The van der Waals surface area contributed by atoms with Crippen molar-refractivity contribution in [3.63, 3.8) is 0 Å². The monoisotopic (exact) mass is 212 g/mol. The molecule has 82 valence electrons. The summed E-state index contributed by atoms with van der Waals surface area (Å²) in [6.45, 7) is 2.53. The Morgan fingerprint density at radius 2 is 1.71 bits per heavy atom. The van der Waals surface area contributed by atoms with Crippen LogP contribution in [0.1, 0.15) is 27.2 Å². The van der Waals surface area contributed by atoms with E-state index in [-0.39, 0.29) is 0 Å². The van der Waals surface area contributed by atoms with Gasteiger partial charge in [-0.3, -0.25) is 4.79 Å². The summed E-state index contributed by atoms with van der Waals surface area (Å²) in [5.41, 5.74) is -3.01. The average Bonchev–Trinajstić information content (AvgIpc) is 2.02. The maximum atomic E-state index is 13.1. The minimum atomic E-state index is -4.31. The fourth-order valence-corrected chi connectivity index (χ4v) is 0.629. The van der Waals surface area contributed by atoms with Gasteiger partial charge in [-0.1, -0.05) is 6.92 Å². The summed E-state index contributed by atoms with van der Waals surface area (Å²) in [5.74, 6) is -7.66. The highest BCUT2D eigenvalue weighted by Gasteiger charge is 2.58. The first-order chi connectivity index (χ1) is 6.15. The van der Waals surface area contributed by atoms with Crippen LogP contribution in [0.5, 0.6) is 0 Å². The molecule has 0 saturated heterocycles. The Bertz CT molecular complexity index is 248. The molecule has 0 fully saturated rings. The molecule has 0 aliphatic carbocycles. The largest absolute Gasteiger partial charge is 0.389 e. The number of halogens is 3. The normalized spacial score (nSPS) is 15.9. The summed E-state index contributed by atoms with van der Waals surface area (Å²) < 4.78 is 42.7. The second-order valence-corrected chi connectivity index (χ2v) is 3.01. The quantitative estimate of drug-likeness (QED) is 0.529. The molecule has 0 saturated carbocycles. The van der Waals surface area contributed by atoms with Crippen molar-refractivity contribution in [2.24, 2.45) is 0 Å². The van der Waals surface area contributed by atoms with Gasteiger partial charge in [0.2, 0.25) is 0 Å². The van der Waals surface area contributed by atoms with Crippen LogP contribution < -0.4 is 0 Å². The number of alkyl halides is 3. The summed E-state index contributed by atoms with van der Waals surface area (Å²) in [5, 5.41) is 0.